The van der Waals surface area contributed by atoms with Crippen molar-refractivity contribution in [3.05, 3.63) is 63.7 Å². The Morgan fingerprint density at radius 2 is 0.755 bits per heavy atom. The molecule has 0 bridgehead atoms. The minimum Gasteiger partial charge on any atom is -0.308 e. The number of benzene rings is 3. The van der Waals surface area contributed by atoms with Crippen molar-refractivity contribution in [2.75, 3.05) is 0 Å². The second-order valence-electron chi connectivity index (χ2n) is 20.1. The van der Waals surface area contributed by atoms with E-state index in [9.17, 15) is 10.5 Å². The number of rotatable bonds is 0. The van der Waals surface area contributed by atoms with Crippen molar-refractivity contribution in [1.82, 2.24) is 4.40 Å². The Morgan fingerprint density at radius 1 is 0.434 bits per heavy atom. The molecule has 53 heavy (non-hydrogen) atoms. The monoisotopic (exact) mass is 695 g/mol. The van der Waals surface area contributed by atoms with E-state index >= 15 is 0 Å². The summed E-state index contributed by atoms with van der Waals surface area (Å²) in [5, 5.41) is 28.4. The summed E-state index contributed by atoms with van der Waals surface area (Å²) >= 11 is 0. The van der Waals surface area contributed by atoms with Crippen molar-refractivity contribution >= 4 is 38.1 Å². The van der Waals surface area contributed by atoms with Crippen molar-refractivity contribution in [1.29, 1.82) is 10.5 Å². The van der Waals surface area contributed by atoms with E-state index in [1.807, 2.05) is 0 Å². The maximum Gasteiger partial charge on any atom is 0.0995 e. The Balaban J connectivity index is 1.22. The topological polar surface area (TPSA) is 52.0 Å². The van der Waals surface area contributed by atoms with Gasteiger partial charge in [0.2, 0.25) is 0 Å². The Kier molecular flexibility index (Phi) is 5.69. The molecule has 0 unspecified atom stereocenters. The van der Waals surface area contributed by atoms with E-state index in [-0.39, 0.29) is 21.7 Å². The molecular formula is C50H53N3. The first kappa shape index (κ1) is 30.7. The molecule has 2 heterocycles. The number of fused-ring (bicyclic) bond motifs is 18. The number of aromatic nitrogens is 1. The summed E-state index contributed by atoms with van der Waals surface area (Å²) in [6, 6.07) is 17.9. The smallest absolute Gasteiger partial charge is 0.0995 e. The van der Waals surface area contributed by atoms with Gasteiger partial charge in [0.05, 0.1) is 39.8 Å². The number of nitrogens with zero attached hydrogens (tertiary/aromatic N) is 3. The summed E-state index contributed by atoms with van der Waals surface area (Å²) in [6.45, 7) is 0. The minimum absolute atomic E-state index is 0.158. The van der Waals surface area contributed by atoms with Crippen molar-refractivity contribution in [2.24, 2.45) is 10.8 Å². The van der Waals surface area contributed by atoms with Crippen LogP contribution in [-0.2, 0) is 21.7 Å². The van der Waals surface area contributed by atoms with Gasteiger partial charge in [-0.05, 0) is 122 Å². The standard InChI is InChI=1S/C50H53N3/c51-30-32-28-36-38(42-40(32)45(16-1-2-17-45)49(24-9-10-25-49)47(42)20-5-6-21-47)34-14-13-15-35-39-37(53(36)44(34)35)29-33(31-52)41-43(39)48(22-7-8-23-48)50(26-11-12-27-50)46(41)18-3-4-19-46/h13-15,28-29H,1-12,16-27H2. The van der Waals surface area contributed by atoms with Gasteiger partial charge in [-0.1, -0.05) is 95.2 Å². The van der Waals surface area contributed by atoms with Crippen LogP contribution >= 0.6 is 0 Å². The molecule has 8 aliphatic carbocycles. The zero-order valence-electron chi connectivity index (χ0n) is 31.7. The minimum atomic E-state index is 0.158. The lowest BCUT2D eigenvalue weighted by molar-refractivity contribution is 0.0464. The third-order valence-electron chi connectivity index (χ3n) is 19.5. The van der Waals surface area contributed by atoms with Gasteiger partial charge in [-0.2, -0.15) is 10.5 Å². The molecule has 3 aromatic carbocycles. The van der Waals surface area contributed by atoms with E-state index in [2.05, 4.69) is 46.9 Å². The van der Waals surface area contributed by atoms with Crippen LogP contribution in [0.25, 0.3) is 38.1 Å². The average molecular weight is 696 g/mol. The van der Waals surface area contributed by atoms with Crippen LogP contribution in [-0.4, -0.2) is 4.40 Å². The molecule has 3 heteroatoms. The quantitative estimate of drug-likeness (QED) is 0.162. The molecule has 0 atom stereocenters. The van der Waals surface area contributed by atoms with Gasteiger partial charge in [0.15, 0.2) is 0 Å². The second kappa shape index (κ2) is 9.81. The van der Waals surface area contributed by atoms with Crippen LogP contribution in [0.1, 0.15) is 187 Å². The van der Waals surface area contributed by atoms with Crippen molar-refractivity contribution in [2.45, 2.75) is 176 Å². The van der Waals surface area contributed by atoms with Crippen LogP contribution in [0.5, 0.6) is 0 Å². The number of hydrogen-bond donors (Lipinski definition) is 0. The molecule has 2 aromatic heterocycles. The van der Waals surface area contributed by atoms with Crippen molar-refractivity contribution in [3.8, 4) is 12.1 Å². The normalized spacial score (nSPS) is 27.4. The van der Waals surface area contributed by atoms with E-state index in [0.29, 0.717) is 10.8 Å². The Labute approximate surface area is 314 Å². The lowest BCUT2D eigenvalue weighted by Crippen LogP contribution is -2.49. The van der Waals surface area contributed by atoms with Crippen LogP contribution in [0.4, 0.5) is 0 Å². The highest BCUT2D eigenvalue weighted by Gasteiger charge is 2.73. The van der Waals surface area contributed by atoms with Gasteiger partial charge in [0.1, 0.15) is 0 Å². The Hall–Kier alpha value is -3.56. The zero-order chi connectivity index (χ0) is 35.0. The first-order valence-electron chi connectivity index (χ1n) is 22.3. The molecule has 0 amide bonds. The fraction of sp³-hybridized carbons (Fsp3) is 0.600. The van der Waals surface area contributed by atoms with Crippen LogP contribution in [0.3, 0.4) is 0 Å². The van der Waals surface area contributed by atoms with Gasteiger partial charge in [0.25, 0.3) is 0 Å². The molecular weight excluding hydrogens is 643 g/mol. The maximum atomic E-state index is 11.3. The van der Waals surface area contributed by atoms with Gasteiger partial charge in [0, 0.05) is 43.2 Å². The first-order valence-corrected chi connectivity index (χ1v) is 22.3. The fourth-order valence-corrected chi connectivity index (χ4v) is 18.5. The second-order valence-corrected chi connectivity index (χ2v) is 20.1. The van der Waals surface area contributed by atoms with Crippen molar-refractivity contribution in [3.63, 3.8) is 0 Å². The van der Waals surface area contributed by atoms with Gasteiger partial charge >= 0.3 is 0 Å². The third-order valence-corrected chi connectivity index (χ3v) is 19.5. The summed E-state index contributed by atoms with van der Waals surface area (Å²) in [7, 11) is 0. The predicted molar refractivity (Wildman–Crippen MR) is 213 cm³/mol. The average Bonchev–Trinajstić information content (AvgIpc) is 4.02. The van der Waals surface area contributed by atoms with E-state index in [1.165, 1.54) is 203 Å². The summed E-state index contributed by atoms with van der Waals surface area (Å²) < 4.78 is 2.63. The summed E-state index contributed by atoms with van der Waals surface area (Å²) in [6.07, 6.45) is 31.7. The summed E-state index contributed by atoms with van der Waals surface area (Å²) in [4.78, 5) is 0. The summed E-state index contributed by atoms with van der Waals surface area (Å²) in [5.41, 5.74) is 13.5. The van der Waals surface area contributed by atoms with Crippen LogP contribution in [0.2, 0.25) is 0 Å². The highest BCUT2D eigenvalue weighted by Crippen LogP contribution is 2.79. The molecule has 0 aliphatic heterocycles. The molecule has 0 N–H and O–H groups in total. The molecule has 3 nitrogen and oxygen atoms in total. The molecule has 0 saturated heterocycles. The van der Waals surface area contributed by atoms with Gasteiger partial charge in [-0.15, -0.1) is 0 Å². The number of para-hydroxylation sites is 1. The predicted octanol–water partition coefficient (Wildman–Crippen LogP) is 13.0. The molecule has 6 spiro atoms. The Bertz CT molecular complexity index is 2340. The van der Waals surface area contributed by atoms with E-state index < -0.39 is 0 Å². The van der Waals surface area contributed by atoms with Crippen LogP contribution in [0, 0.1) is 33.5 Å². The van der Waals surface area contributed by atoms with Gasteiger partial charge in [-0.25, -0.2) is 0 Å². The van der Waals surface area contributed by atoms with Crippen molar-refractivity contribution < 1.29 is 0 Å². The molecule has 0 radical (unpaired) electrons. The maximum absolute atomic E-state index is 11.3. The van der Waals surface area contributed by atoms with Gasteiger partial charge < -0.3 is 4.40 Å². The third kappa shape index (κ3) is 2.94. The first-order chi connectivity index (χ1) is 26.1. The lowest BCUT2D eigenvalue weighted by Gasteiger charge is -2.51. The SMILES string of the molecule is N#Cc1cc2c(c3c1C1(CCCC1)C1(CCCC1)C31CCCC1)c1cccc3c4c5c(c(C#N)cc4n2c13)C1(CCCC1)C1(CCCC1)C51CCCC1. The van der Waals surface area contributed by atoms with Gasteiger partial charge in [-0.3, -0.25) is 0 Å². The summed E-state index contributed by atoms with van der Waals surface area (Å²) in [5.74, 6) is 0. The largest absolute Gasteiger partial charge is 0.308 e. The molecule has 8 aliphatic rings. The number of hydrogen-bond acceptors (Lipinski definition) is 2. The molecule has 268 valence electrons. The lowest BCUT2D eigenvalue weighted by atomic mass is 9.52. The van der Waals surface area contributed by atoms with Crippen LogP contribution < -0.4 is 0 Å². The zero-order valence-corrected chi connectivity index (χ0v) is 31.7. The molecule has 6 saturated carbocycles. The molecule has 13 rings (SSSR count). The van der Waals surface area contributed by atoms with Crippen LogP contribution in [0.15, 0.2) is 30.3 Å². The fourth-order valence-electron chi connectivity index (χ4n) is 18.5. The molecule has 5 aromatic rings. The van der Waals surface area contributed by atoms with E-state index in [1.54, 1.807) is 11.1 Å². The van der Waals surface area contributed by atoms with E-state index in [0.717, 1.165) is 11.1 Å². The highest BCUT2D eigenvalue weighted by atomic mass is 14.9. The Morgan fingerprint density at radius 3 is 1.09 bits per heavy atom. The van der Waals surface area contributed by atoms with E-state index in [4.69, 9.17) is 0 Å². The number of nitriles is 2. The molecule has 6 fully saturated rings. The highest BCUT2D eigenvalue weighted by molar-refractivity contribution is 6.25.